The molecular weight excluding hydrogens is 473 g/mol. The van der Waals surface area contributed by atoms with Crippen molar-refractivity contribution in [2.24, 2.45) is 0 Å². The van der Waals surface area contributed by atoms with Crippen molar-refractivity contribution in [3.63, 3.8) is 0 Å². The van der Waals surface area contributed by atoms with E-state index >= 15 is 0 Å². The van der Waals surface area contributed by atoms with Gasteiger partial charge < -0.3 is 9.88 Å². The Morgan fingerprint density at radius 3 is 2.62 bits per heavy atom. The highest BCUT2D eigenvalue weighted by molar-refractivity contribution is 6.32. The van der Waals surface area contributed by atoms with Crippen LogP contribution in [0.3, 0.4) is 0 Å². The van der Waals surface area contributed by atoms with E-state index in [1.54, 1.807) is 18.5 Å². The molecule has 4 aromatic rings. The average Bonchev–Trinajstić information content (AvgIpc) is 3.58. The Bertz CT molecular complexity index is 1380. The topological polar surface area (TPSA) is 92.6 Å². The Morgan fingerprint density at radius 2 is 1.85 bits per heavy atom. The number of nitrogens with one attached hydrogen (secondary N) is 1. The van der Waals surface area contributed by atoms with Crippen LogP contribution in [0.5, 0.6) is 0 Å². The number of halogens is 2. The molecule has 174 valence electrons. The number of carbonyl (C=O) groups is 1. The molecule has 8 nitrogen and oxygen atoms in total. The number of carbonyl (C=O) groups excluding carboxylic acids is 1. The third kappa shape index (κ3) is 3.67. The van der Waals surface area contributed by atoms with Crippen LogP contribution in [0.1, 0.15) is 47.1 Å². The molecule has 0 aliphatic carbocycles. The Kier molecular flexibility index (Phi) is 5.65. The van der Waals surface area contributed by atoms with Gasteiger partial charge in [-0.15, -0.1) is 10.2 Å². The lowest BCUT2D eigenvalue weighted by atomic mass is 9.96. The van der Waals surface area contributed by atoms with Crippen molar-refractivity contribution < 1.29 is 4.79 Å². The molecule has 3 heterocycles. The minimum Gasteiger partial charge on any atom is -0.326 e. The van der Waals surface area contributed by atoms with Crippen LogP contribution in [0.4, 0.5) is 0 Å². The second-order valence-corrected chi connectivity index (χ2v) is 9.52. The zero-order chi connectivity index (χ0) is 24.0. The molecule has 0 unspecified atom stereocenters. The molecule has 0 saturated carbocycles. The predicted octanol–water partition coefficient (Wildman–Crippen LogP) is 5.13. The van der Waals surface area contributed by atoms with Crippen LogP contribution in [0, 0.1) is 13.8 Å². The van der Waals surface area contributed by atoms with Crippen molar-refractivity contribution in [2.75, 3.05) is 6.54 Å². The number of H-pyrrole nitrogens is 1. The van der Waals surface area contributed by atoms with E-state index in [-0.39, 0.29) is 5.91 Å². The largest absolute Gasteiger partial charge is 0.326 e. The normalized spacial score (nSPS) is 18.0. The molecule has 1 amide bonds. The van der Waals surface area contributed by atoms with Gasteiger partial charge in [0.15, 0.2) is 11.6 Å². The number of rotatable bonds is 4. The SMILES string of the molecule is Cc1cc(-n2nccn2)c(C(=O)N2CCC[C@@]2(C)c2nnc(-c3cccc(Cl)c3C)[nH]2)cc1Cl. The Morgan fingerprint density at radius 1 is 1.09 bits per heavy atom. The van der Waals surface area contributed by atoms with E-state index in [4.69, 9.17) is 23.2 Å². The van der Waals surface area contributed by atoms with Crippen molar-refractivity contribution in [3.05, 3.63) is 75.3 Å². The van der Waals surface area contributed by atoms with Gasteiger partial charge >= 0.3 is 0 Å². The number of amides is 1. The van der Waals surface area contributed by atoms with Gasteiger partial charge in [0.05, 0.1) is 23.6 Å². The lowest BCUT2D eigenvalue weighted by molar-refractivity contribution is 0.0604. The molecule has 2 aromatic carbocycles. The summed E-state index contributed by atoms with van der Waals surface area (Å²) in [4.78, 5) is 20.5. The zero-order valence-electron chi connectivity index (χ0n) is 19.0. The second kappa shape index (κ2) is 8.52. The number of likely N-dealkylation sites (tertiary alicyclic amines) is 1. The first-order valence-electron chi connectivity index (χ1n) is 11.0. The average molecular weight is 496 g/mol. The third-order valence-corrected chi connectivity index (χ3v) is 7.36. The summed E-state index contributed by atoms with van der Waals surface area (Å²) in [6, 6.07) is 9.19. The fourth-order valence-electron chi connectivity index (χ4n) is 4.51. The van der Waals surface area contributed by atoms with E-state index < -0.39 is 5.54 Å². The second-order valence-electron chi connectivity index (χ2n) is 8.71. The quantitative estimate of drug-likeness (QED) is 0.423. The number of hydrogen-bond donors (Lipinski definition) is 1. The summed E-state index contributed by atoms with van der Waals surface area (Å²) in [5.41, 5.74) is 2.99. The molecule has 2 aromatic heterocycles. The molecule has 1 aliphatic rings. The van der Waals surface area contributed by atoms with Crippen molar-refractivity contribution in [1.82, 2.24) is 35.1 Å². The van der Waals surface area contributed by atoms with Gasteiger partial charge in [0.2, 0.25) is 0 Å². The van der Waals surface area contributed by atoms with Gasteiger partial charge in [-0.25, -0.2) is 0 Å². The number of aromatic amines is 1. The number of benzene rings is 2. The van der Waals surface area contributed by atoms with Crippen molar-refractivity contribution in [2.45, 2.75) is 39.2 Å². The smallest absolute Gasteiger partial charge is 0.256 e. The summed E-state index contributed by atoms with van der Waals surface area (Å²) in [5.74, 6) is 1.09. The van der Waals surface area contributed by atoms with E-state index in [1.807, 2.05) is 49.9 Å². The minimum absolute atomic E-state index is 0.161. The number of aryl methyl sites for hydroxylation is 1. The fraction of sp³-hybridized carbons (Fsp3) is 0.292. The van der Waals surface area contributed by atoms with Gasteiger partial charge in [-0.3, -0.25) is 4.79 Å². The molecule has 0 bridgehead atoms. The van der Waals surface area contributed by atoms with E-state index in [9.17, 15) is 4.79 Å². The highest BCUT2D eigenvalue weighted by Gasteiger charge is 2.44. The summed E-state index contributed by atoms with van der Waals surface area (Å²) in [6.45, 7) is 6.42. The van der Waals surface area contributed by atoms with Crippen LogP contribution in [0.25, 0.3) is 17.1 Å². The maximum absolute atomic E-state index is 13.9. The lowest BCUT2D eigenvalue weighted by Crippen LogP contribution is -2.44. The summed E-state index contributed by atoms with van der Waals surface area (Å²) in [6.07, 6.45) is 4.73. The molecule has 5 rings (SSSR count). The van der Waals surface area contributed by atoms with Crippen LogP contribution < -0.4 is 0 Å². The van der Waals surface area contributed by atoms with Crippen LogP contribution >= 0.6 is 23.2 Å². The summed E-state index contributed by atoms with van der Waals surface area (Å²) < 4.78 is 0. The van der Waals surface area contributed by atoms with E-state index in [0.29, 0.717) is 39.5 Å². The molecule has 0 spiro atoms. The van der Waals surface area contributed by atoms with E-state index in [1.165, 1.54) is 4.80 Å². The van der Waals surface area contributed by atoms with E-state index in [0.717, 1.165) is 29.5 Å². The maximum Gasteiger partial charge on any atom is 0.256 e. The number of aromatic nitrogens is 6. The number of nitrogens with zero attached hydrogens (tertiary/aromatic N) is 6. The van der Waals surface area contributed by atoms with Crippen LogP contribution in [-0.4, -0.2) is 47.5 Å². The lowest BCUT2D eigenvalue weighted by Gasteiger charge is -2.33. The molecule has 10 heteroatoms. The molecule has 1 saturated heterocycles. The predicted molar refractivity (Wildman–Crippen MR) is 130 cm³/mol. The van der Waals surface area contributed by atoms with Crippen molar-refractivity contribution in [1.29, 1.82) is 0 Å². The summed E-state index contributed by atoms with van der Waals surface area (Å²) in [7, 11) is 0. The van der Waals surface area contributed by atoms with Crippen LogP contribution in [0.2, 0.25) is 10.0 Å². The Labute approximate surface area is 206 Å². The maximum atomic E-state index is 13.9. The first-order chi connectivity index (χ1) is 16.3. The molecule has 1 N–H and O–H groups in total. The molecule has 0 radical (unpaired) electrons. The molecule has 34 heavy (non-hydrogen) atoms. The number of hydrogen-bond acceptors (Lipinski definition) is 5. The monoisotopic (exact) mass is 495 g/mol. The summed E-state index contributed by atoms with van der Waals surface area (Å²) >= 11 is 12.7. The highest BCUT2D eigenvalue weighted by atomic mass is 35.5. The molecule has 1 aliphatic heterocycles. The van der Waals surface area contributed by atoms with Crippen molar-refractivity contribution >= 4 is 29.1 Å². The Balaban J connectivity index is 1.54. The van der Waals surface area contributed by atoms with Gasteiger partial charge in [-0.05, 0) is 62.9 Å². The Hall–Kier alpha value is -3.23. The van der Waals surface area contributed by atoms with E-state index in [2.05, 4.69) is 25.4 Å². The first-order valence-corrected chi connectivity index (χ1v) is 11.7. The van der Waals surface area contributed by atoms with Gasteiger partial charge in [-0.2, -0.15) is 15.0 Å². The van der Waals surface area contributed by atoms with Gasteiger partial charge in [0, 0.05) is 22.2 Å². The minimum atomic E-state index is -0.666. The highest BCUT2D eigenvalue weighted by Crippen LogP contribution is 2.39. The molecule has 1 atom stereocenters. The first kappa shape index (κ1) is 22.6. The van der Waals surface area contributed by atoms with Crippen LogP contribution in [0.15, 0.2) is 42.7 Å². The standard InChI is InChI=1S/C24H23Cl2N7O/c1-14-12-20(33-27-9-10-28-33)17(13-19(14)26)22(34)32-11-5-8-24(32,3)23-29-21(30-31-23)16-6-4-7-18(25)15(16)2/h4,6-7,9-10,12-13H,5,8,11H2,1-3H3,(H,29,30,31)/t24-/m0/s1. The van der Waals surface area contributed by atoms with Gasteiger partial charge in [0.1, 0.15) is 5.54 Å². The summed E-state index contributed by atoms with van der Waals surface area (Å²) in [5, 5.41) is 18.5. The van der Waals surface area contributed by atoms with Gasteiger partial charge in [-0.1, -0.05) is 35.3 Å². The van der Waals surface area contributed by atoms with Crippen molar-refractivity contribution in [3.8, 4) is 17.1 Å². The van der Waals surface area contributed by atoms with Gasteiger partial charge in [0.25, 0.3) is 5.91 Å². The third-order valence-electron chi connectivity index (χ3n) is 6.55. The molecule has 1 fully saturated rings. The van der Waals surface area contributed by atoms with Crippen LogP contribution in [-0.2, 0) is 5.54 Å². The fourth-order valence-corrected chi connectivity index (χ4v) is 4.85. The zero-order valence-corrected chi connectivity index (χ0v) is 20.5. The molecular formula is C24H23Cl2N7O.